The van der Waals surface area contributed by atoms with Crippen LogP contribution in [-0.2, 0) is 14.3 Å². The van der Waals surface area contributed by atoms with Crippen molar-refractivity contribution in [3.63, 3.8) is 0 Å². The molecule has 7 nitrogen and oxygen atoms in total. The Morgan fingerprint density at radius 1 is 1.20 bits per heavy atom. The molecule has 0 bridgehead atoms. The fourth-order valence-corrected chi connectivity index (χ4v) is 2.01. The number of amides is 2. The molecule has 1 N–H and O–H groups in total. The topological polar surface area (TPSA) is 71.1 Å². The smallest absolute Gasteiger partial charge is 0.409 e. The van der Waals surface area contributed by atoms with Gasteiger partial charge in [-0.15, -0.1) is 0 Å². The van der Waals surface area contributed by atoms with E-state index in [1.54, 1.807) is 18.9 Å². The van der Waals surface area contributed by atoms with Gasteiger partial charge in [0.05, 0.1) is 13.2 Å². The molecule has 0 aliphatic carbocycles. The fourth-order valence-electron chi connectivity index (χ4n) is 2.01. The minimum atomic E-state index is -0.267. The highest BCUT2D eigenvalue weighted by molar-refractivity contribution is 5.78. The summed E-state index contributed by atoms with van der Waals surface area (Å²) in [7, 11) is 1.64. The third kappa shape index (κ3) is 6.21. The maximum atomic E-state index is 11.7. The third-order valence-electron chi connectivity index (χ3n) is 3.11. The van der Waals surface area contributed by atoms with Crippen molar-refractivity contribution in [2.45, 2.75) is 13.3 Å². The van der Waals surface area contributed by atoms with Gasteiger partial charge in [0.25, 0.3) is 0 Å². The molecule has 7 heteroatoms. The quantitative estimate of drug-likeness (QED) is 0.663. The Labute approximate surface area is 120 Å². The minimum Gasteiger partial charge on any atom is -0.450 e. The molecule has 0 aromatic heterocycles. The van der Waals surface area contributed by atoms with Gasteiger partial charge in [0.15, 0.2) is 0 Å². The first-order chi connectivity index (χ1) is 9.67. The Kier molecular flexibility index (Phi) is 7.98. The summed E-state index contributed by atoms with van der Waals surface area (Å²) >= 11 is 0. The van der Waals surface area contributed by atoms with Gasteiger partial charge in [0.2, 0.25) is 5.91 Å². The summed E-state index contributed by atoms with van der Waals surface area (Å²) in [5.74, 6) is 0.0192. The molecule has 0 saturated carbocycles. The molecule has 0 atom stereocenters. The molecule has 0 aromatic rings. The van der Waals surface area contributed by atoms with Crippen molar-refractivity contribution < 1.29 is 19.1 Å². The van der Waals surface area contributed by atoms with Crippen LogP contribution in [0.3, 0.4) is 0 Å². The predicted molar refractivity (Wildman–Crippen MR) is 74.5 cm³/mol. The average molecular weight is 287 g/mol. The highest BCUT2D eigenvalue weighted by Gasteiger charge is 2.22. The van der Waals surface area contributed by atoms with Gasteiger partial charge >= 0.3 is 6.09 Å². The van der Waals surface area contributed by atoms with Crippen LogP contribution in [0.4, 0.5) is 4.79 Å². The molecular weight excluding hydrogens is 262 g/mol. The second kappa shape index (κ2) is 9.55. The summed E-state index contributed by atoms with van der Waals surface area (Å²) < 4.78 is 9.87. The standard InChI is InChI=1S/C13H25N3O4/c1-3-20-13(18)16-8-6-15(7-9-16)11-12(17)14-5-4-10-19-2/h3-11H2,1-2H3,(H,14,17). The van der Waals surface area contributed by atoms with E-state index in [9.17, 15) is 9.59 Å². The first kappa shape index (κ1) is 16.7. The maximum Gasteiger partial charge on any atom is 0.409 e. The second-order valence-corrected chi connectivity index (χ2v) is 4.66. The van der Waals surface area contributed by atoms with Crippen molar-refractivity contribution in [3.05, 3.63) is 0 Å². The van der Waals surface area contributed by atoms with Crippen molar-refractivity contribution in [1.29, 1.82) is 0 Å². The minimum absolute atomic E-state index is 0.0192. The number of carbonyl (C=O) groups excluding carboxylic acids is 2. The van der Waals surface area contributed by atoms with Crippen LogP contribution >= 0.6 is 0 Å². The van der Waals surface area contributed by atoms with Crippen LogP contribution in [0.5, 0.6) is 0 Å². The monoisotopic (exact) mass is 287 g/mol. The number of nitrogens with one attached hydrogen (secondary N) is 1. The van der Waals surface area contributed by atoms with Crippen molar-refractivity contribution in [2.75, 3.05) is 59.6 Å². The van der Waals surface area contributed by atoms with Crippen LogP contribution in [0.2, 0.25) is 0 Å². The summed E-state index contributed by atoms with van der Waals surface area (Å²) in [6.07, 6.45) is 0.551. The second-order valence-electron chi connectivity index (χ2n) is 4.66. The Morgan fingerprint density at radius 2 is 1.90 bits per heavy atom. The zero-order valence-electron chi connectivity index (χ0n) is 12.4. The normalized spacial score (nSPS) is 16.0. The summed E-state index contributed by atoms with van der Waals surface area (Å²) in [5, 5.41) is 2.85. The van der Waals surface area contributed by atoms with Gasteiger partial charge in [-0.1, -0.05) is 0 Å². The molecule has 0 radical (unpaired) electrons. The van der Waals surface area contributed by atoms with Crippen molar-refractivity contribution >= 4 is 12.0 Å². The van der Waals surface area contributed by atoms with E-state index >= 15 is 0 Å². The summed E-state index contributed by atoms with van der Waals surface area (Å²) in [4.78, 5) is 26.9. The van der Waals surface area contributed by atoms with Gasteiger partial charge in [0.1, 0.15) is 0 Å². The number of nitrogens with zero attached hydrogens (tertiary/aromatic N) is 2. The molecule has 1 rings (SSSR count). The number of carbonyl (C=O) groups is 2. The van der Waals surface area contributed by atoms with Crippen LogP contribution in [0.15, 0.2) is 0 Å². The van der Waals surface area contributed by atoms with Crippen molar-refractivity contribution in [3.8, 4) is 0 Å². The van der Waals surface area contributed by atoms with Gasteiger partial charge in [-0.25, -0.2) is 4.79 Å². The Balaban J connectivity index is 2.15. The van der Waals surface area contributed by atoms with Gasteiger partial charge in [0, 0.05) is 46.4 Å². The lowest BCUT2D eigenvalue weighted by Crippen LogP contribution is -2.51. The van der Waals surface area contributed by atoms with Gasteiger partial charge in [-0.05, 0) is 13.3 Å². The summed E-state index contributed by atoms with van der Waals surface area (Å²) in [5.41, 5.74) is 0. The molecule has 20 heavy (non-hydrogen) atoms. The maximum absolute atomic E-state index is 11.7. The molecule has 1 heterocycles. The van der Waals surface area contributed by atoms with E-state index in [0.29, 0.717) is 52.5 Å². The number of rotatable bonds is 7. The van der Waals surface area contributed by atoms with Crippen molar-refractivity contribution in [2.24, 2.45) is 0 Å². The van der Waals surface area contributed by atoms with Gasteiger partial charge in [-0.3, -0.25) is 9.69 Å². The summed E-state index contributed by atoms with van der Waals surface area (Å²) in [6, 6.07) is 0. The summed E-state index contributed by atoms with van der Waals surface area (Å²) in [6.45, 7) is 6.46. The Hall–Kier alpha value is -1.34. The molecule has 1 aliphatic rings. The molecular formula is C13H25N3O4. The van der Waals surface area contributed by atoms with E-state index in [1.165, 1.54) is 0 Å². The number of ether oxygens (including phenoxy) is 2. The van der Waals surface area contributed by atoms with E-state index in [4.69, 9.17) is 9.47 Å². The zero-order chi connectivity index (χ0) is 14.8. The van der Waals surface area contributed by atoms with E-state index < -0.39 is 0 Å². The van der Waals surface area contributed by atoms with Crippen molar-refractivity contribution in [1.82, 2.24) is 15.1 Å². The highest BCUT2D eigenvalue weighted by atomic mass is 16.6. The van der Waals surface area contributed by atoms with E-state index in [0.717, 1.165) is 6.42 Å². The first-order valence-electron chi connectivity index (χ1n) is 7.07. The lowest BCUT2D eigenvalue weighted by atomic mass is 10.3. The number of methoxy groups -OCH3 is 1. The van der Waals surface area contributed by atoms with Crippen LogP contribution < -0.4 is 5.32 Å². The first-order valence-corrected chi connectivity index (χ1v) is 7.07. The lowest BCUT2D eigenvalue weighted by molar-refractivity contribution is -0.122. The zero-order valence-corrected chi connectivity index (χ0v) is 12.4. The fraction of sp³-hybridized carbons (Fsp3) is 0.846. The average Bonchev–Trinajstić information content (AvgIpc) is 2.45. The lowest BCUT2D eigenvalue weighted by Gasteiger charge is -2.33. The number of hydrogen-bond acceptors (Lipinski definition) is 5. The van der Waals surface area contributed by atoms with Gasteiger partial charge < -0.3 is 19.7 Å². The van der Waals surface area contributed by atoms with E-state index in [2.05, 4.69) is 5.32 Å². The number of piperazine rings is 1. The number of hydrogen-bond donors (Lipinski definition) is 1. The molecule has 0 spiro atoms. The highest BCUT2D eigenvalue weighted by Crippen LogP contribution is 2.03. The van der Waals surface area contributed by atoms with Gasteiger partial charge in [-0.2, -0.15) is 0 Å². The molecule has 1 aliphatic heterocycles. The SMILES string of the molecule is CCOC(=O)N1CCN(CC(=O)NCCCOC)CC1. The molecule has 0 unspecified atom stereocenters. The van der Waals surface area contributed by atoms with Crippen LogP contribution in [0, 0.1) is 0 Å². The van der Waals surface area contributed by atoms with Crippen LogP contribution in [0.1, 0.15) is 13.3 Å². The molecule has 0 aromatic carbocycles. The molecule has 1 saturated heterocycles. The predicted octanol–water partition coefficient (Wildman–Crippen LogP) is -0.0868. The molecule has 1 fully saturated rings. The van der Waals surface area contributed by atoms with E-state index in [1.807, 2.05) is 4.90 Å². The third-order valence-corrected chi connectivity index (χ3v) is 3.11. The van der Waals surface area contributed by atoms with Crippen LogP contribution in [-0.4, -0.2) is 81.4 Å². The largest absolute Gasteiger partial charge is 0.450 e. The molecule has 2 amide bonds. The van der Waals surface area contributed by atoms with Crippen LogP contribution in [0.25, 0.3) is 0 Å². The Bertz CT molecular complexity index is 304. The van der Waals surface area contributed by atoms with E-state index in [-0.39, 0.29) is 12.0 Å². The Morgan fingerprint density at radius 3 is 2.50 bits per heavy atom. The molecule has 116 valence electrons.